The summed E-state index contributed by atoms with van der Waals surface area (Å²) in [4.78, 5) is 19.2. The van der Waals surface area contributed by atoms with E-state index >= 15 is 0 Å². The number of piperidine rings is 1. The lowest BCUT2D eigenvalue weighted by molar-refractivity contribution is -0.140. The quantitative estimate of drug-likeness (QED) is 0.841. The van der Waals surface area contributed by atoms with Gasteiger partial charge in [0.2, 0.25) is 5.91 Å². The monoisotopic (exact) mass is 290 g/mol. The maximum atomic E-state index is 13.1. The number of rotatable bonds is 2. The van der Waals surface area contributed by atoms with Crippen LogP contribution in [0.5, 0.6) is 0 Å². The van der Waals surface area contributed by atoms with Gasteiger partial charge < -0.3 is 4.90 Å². The Morgan fingerprint density at radius 3 is 2.38 bits per heavy atom. The average molecular weight is 290 g/mol. The summed E-state index contributed by atoms with van der Waals surface area (Å²) in [5.74, 6) is 0.308. The van der Waals surface area contributed by atoms with Crippen LogP contribution in [0.1, 0.15) is 53.5 Å². The molecule has 1 aliphatic carbocycles. The summed E-state index contributed by atoms with van der Waals surface area (Å²) >= 11 is 0. The first-order valence-corrected chi connectivity index (χ1v) is 7.87. The van der Waals surface area contributed by atoms with Gasteiger partial charge >= 0.3 is 0 Å². The molecule has 1 atom stereocenters. The van der Waals surface area contributed by atoms with Crippen molar-refractivity contribution in [3.05, 3.63) is 12.7 Å². The zero-order valence-corrected chi connectivity index (χ0v) is 13.8. The number of hydrogen-bond donors (Lipinski definition) is 0. The van der Waals surface area contributed by atoms with E-state index in [0.717, 1.165) is 25.9 Å². The summed E-state index contributed by atoms with van der Waals surface area (Å²) in [6, 6.07) is 0.263. The summed E-state index contributed by atoms with van der Waals surface area (Å²) < 4.78 is 1.89. The van der Waals surface area contributed by atoms with Gasteiger partial charge in [-0.1, -0.05) is 27.7 Å². The third-order valence-electron chi connectivity index (χ3n) is 6.92. The van der Waals surface area contributed by atoms with Crippen molar-refractivity contribution < 1.29 is 4.79 Å². The number of amides is 1. The number of carbonyl (C=O) groups excluding carboxylic acids is 1. The molecule has 116 valence electrons. The SMILES string of the molecule is CC1(C)C(C)(C)C1(C)C(=O)N1CCCC(n2cncn2)C1. The minimum absolute atomic E-state index is 0.0529. The predicted octanol–water partition coefficient (Wildman–Crippen LogP) is 2.51. The first-order chi connectivity index (χ1) is 9.73. The van der Waals surface area contributed by atoms with E-state index in [0.29, 0.717) is 5.91 Å². The van der Waals surface area contributed by atoms with E-state index in [1.165, 1.54) is 0 Å². The van der Waals surface area contributed by atoms with Gasteiger partial charge in [0.25, 0.3) is 0 Å². The lowest BCUT2D eigenvalue weighted by Gasteiger charge is -2.35. The molecule has 21 heavy (non-hydrogen) atoms. The molecule has 0 radical (unpaired) electrons. The van der Waals surface area contributed by atoms with Crippen molar-refractivity contribution in [2.75, 3.05) is 13.1 Å². The number of likely N-dealkylation sites (tertiary alicyclic amines) is 1. The molecular weight excluding hydrogens is 264 g/mol. The Labute approximate surface area is 126 Å². The van der Waals surface area contributed by atoms with Gasteiger partial charge in [0.15, 0.2) is 0 Å². The summed E-state index contributed by atoms with van der Waals surface area (Å²) in [6.07, 6.45) is 5.42. The molecule has 5 heteroatoms. The molecule has 1 saturated carbocycles. The summed E-state index contributed by atoms with van der Waals surface area (Å²) in [5.41, 5.74) is -0.154. The molecule has 1 aliphatic heterocycles. The van der Waals surface area contributed by atoms with Gasteiger partial charge in [-0.25, -0.2) is 9.67 Å². The Kier molecular flexibility index (Phi) is 2.98. The van der Waals surface area contributed by atoms with E-state index in [1.54, 1.807) is 12.7 Å². The second-order valence-electron chi connectivity index (χ2n) is 7.80. The molecule has 0 spiro atoms. The third kappa shape index (κ3) is 1.72. The molecular formula is C16H26N4O. The lowest BCUT2D eigenvalue weighted by atomic mass is 9.93. The highest BCUT2D eigenvalue weighted by molar-refractivity contribution is 5.88. The molecule has 0 N–H and O–H groups in total. The van der Waals surface area contributed by atoms with Gasteiger partial charge in [-0.2, -0.15) is 5.10 Å². The summed E-state index contributed by atoms with van der Waals surface area (Å²) in [5, 5.41) is 4.24. The van der Waals surface area contributed by atoms with Gasteiger partial charge in [-0.15, -0.1) is 0 Å². The average Bonchev–Trinajstić information content (AvgIpc) is 2.92. The van der Waals surface area contributed by atoms with Crippen molar-refractivity contribution in [1.82, 2.24) is 19.7 Å². The first kappa shape index (κ1) is 14.5. The number of carbonyl (C=O) groups is 1. The molecule has 1 saturated heterocycles. The van der Waals surface area contributed by atoms with Gasteiger partial charge in [-0.05, 0) is 30.6 Å². The standard InChI is InChI=1S/C16H26N4O/c1-14(2)15(3,4)16(14,5)13(21)19-8-6-7-12(9-19)20-11-17-10-18-20/h10-12H,6-9H2,1-5H3. The molecule has 2 aliphatic rings. The smallest absolute Gasteiger partial charge is 0.229 e. The molecule has 1 aromatic heterocycles. The second kappa shape index (κ2) is 4.31. The van der Waals surface area contributed by atoms with Crippen LogP contribution in [0.3, 0.4) is 0 Å². The van der Waals surface area contributed by atoms with Crippen LogP contribution in [-0.2, 0) is 4.79 Å². The molecule has 1 aromatic rings. The highest BCUT2D eigenvalue weighted by Crippen LogP contribution is 2.78. The molecule has 2 heterocycles. The zero-order valence-electron chi connectivity index (χ0n) is 13.8. The minimum Gasteiger partial charge on any atom is -0.340 e. The Bertz CT molecular complexity index is 533. The predicted molar refractivity (Wildman–Crippen MR) is 80.5 cm³/mol. The fourth-order valence-electron chi connectivity index (χ4n) is 4.21. The summed E-state index contributed by atoms with van der Waals surface area (Å²) in [6.45, 7) is 12.6. The molecule has 5 nitrogen and oxygen atoms in total. The van der Waals surface area contributed by atoms with Crippen molar-refractivity contribution in [1.29, 1.82) is 0 Å². The van der Waals surface area contributed by atoms with E-state index in [4.69, 9.17) is 0 Å². The largest absolute Gasteiger partial charge is 0.340 e. The van der Waals surface area contributed by atoms with Crippen molar-refractivity contribution in [2.24, 2.45) is 16.2 Å². The Balaban J connectivity index is 1.77. The van der Waals surface area contributed by atoms with E-state index in [-0.39, 0.29) is 22.3 Å². The lowest BCUT2D eigenvalue weighted by Crippen LogP contribution is -2.45. The Morgan fingerprint density at radius 1 is 1.19 bits per heavy atom. The normalized spacial score (nSPS) is 29.2. The van der Waals surface area contributed by atoms with E-state index < -0.39 is 0 Å². The topological polar surface area (TPSA) is 51.0 Å². The van der Waals surface area contributed by atoms with Crippen LogP contribution >= 0.6 is 0 Å². The zero-order chi connectivity index (χ0) is 15.5. The van der Waals surface area contributed by atoms with Crippen LogP contribution in [0.15, 0.2) is 12.7 Å². The first-order valence-electron chi connectivity index (χ1n) is 7.87. The highest BCUT2D eigenvalue weighted by Gasteiger charge is 2.78. The van der Waals surface area contributed by atoms with Crippen LogP contribution in [0.4, 0.5) is 0 Å². The maximum absolute atomic E-state index is 13.1. The molecule has 3 rings (SSSR count). The van der Waals surface area contributed by atoms with E-state index in [1.807, 2.05) is 9.58 Å². The molecule has 1 unspecified atom stereocenters. The van der Waals surface area contributed by atoms with Crippen molar-refractivity contribution in [2.45, 2.75) is 53.5 Å². The van der Waals surface area contributed by atoms with Gasteiger partial charge in [-0.3, -0.25) is 4.79 Å². The maximum Gasteiger partial charge on any atom is 0.229 e. The van der Waals surface area contributed by atoms with Crippen LogP contribution in [0, 0.1) is 16.2 Å². The molecule has 0 aromatic carbocycles. The van der Waals surface area contributed by atoms with Crippen molar-refractivity contribution in [3.63, 3.8) is 0 Å². The van der Waals surface area contributed by atoms with Crippen LogP contribution in [-0.4, -0.2) is 38.7 Å². The van der Waals surface area contributed by atoms with E-state index in [2.05, 4.69) is 44.7 Å². The third-order valence-corrected chi connectivity index (χ3v) is 6.92. The van der Waals surface area contributed by atoms with Crippen LogP contribution < -0.4 is 0 Å². The molecule has 2 fully saturated rings. The van der Waals surface area contributed by atoms with Gasteiger partial charge in [0, 0.05) is 13.1 Å². The fourth-order valence-corrected chi connectivity index (χ4v) is 4.21. The van der Waals surface area contributed by atoms with Crippen molar-refractivity contribution >= 4 is 5.91 Å². The van der Waals surface area contributed by atoms with Crippen molar-refractivity contribution in [3.8, 4) is 0 Å². The number of aromatic nitrogens is 3. The van der Waals surface area contributed by atoms with E-state index in [9.17, 15) is 4.79 Å². The number of nitrogens with zero attached hydrogens (tertiary/aromatic N) is 4. The second-order valence-corrected chi connectivity index (χ2v) is 7.80. The fraction of sp³-hybridized carbons (Fsp3) is 0.812. The van der Waals surface area contributed by atoms with Gasteiger partial charge in [0.1, 0.15) is 12.7 Å². The summed E-state index contributed by atoms with van der Waals surface area (Å²) in [7, 11) is 0. The Hall–Kier alpha value is -1.39. The van der Waals surface area contributed by atoms with Gasteiger partial charge in [0.05, 0.1) is 11.5 Å². The Morgan fingerprint density at radius 2 is 1.86 bits per heavy atom. The molecule has 0 bridgehead atoms. The molecule has 1 amide bonds. The minimum atomic E-state index is -0.260. The van der Waals surface area contributed by atoms with Crippen LogP contribution in [0.2, 0.25) is 0 Å². The van der Waals surface area contributed by atoms with Crippen LogP contribution in [0.25, 0.3) is 0 Å². The number of hydrogen-bond acceptors (Lipinski definition) is 3. The highest BCUT2D eigenvalue weighted by atomic mass is 16.2.